The molecule has 0 amide bonds. The van der Waals surface area contributed by atoms with E-state index in [1.807, 2.05) is 42.5 Å². The molecule has 5 aromatic rings. The van der Waals surface area contributed by atoms with Gasteiger partial charge in [-0.2, -0.15) is 4.98 Å². The third kappa shape index (κ3) is 4.46. The molecule has 6 heteroatoms. The Bertz CT molecular complexity index is 1660. The maximum Gasteiger partial charge on any atom is 0.269 e. The predicted octanol–water partition coefficient (Wildman–Crippen LogP) is 6.47. The smallest absolute Gasteiger partial charge is 0.269 e. The van der Waals surface area contributed by atoms with Crippen LogP contribution in [0, 0.1) is 0 Å². The standard InChI is InChI=1S/C29H25BrN2O3/c1-29(2,3)20-11-9-19(10-12-20)26-31-27-24(25(33)22-17-21(30)13-14-23(22)35-27)28(34)32(26)16-15-18-7-5-4-6-8-18/h4-14,17H,15-16H2,1-3H3. The van der Waals surface area contributed by atoms with Gasteiger partial charge in [-0.25, -0.2) is 0 Å². The van der Waals surface area contributed by atoms with Gasteiger partial charge in [0.15, 0.2) is 5.39 Å². The number of halogens is 1. The van der Waals surface area contributed by atoms with Crippen LogP contribution in [0.3, 0.4) is 0 Å². The second-order valence-corrected chi connectivity index (χ2v) is 10.6. The average molecular weight is 529 g/mol. The zero-order valence-corrected chi connectivity index (χ0v) is 21.4. The maximum absolute atomic E-state index is 13.8. The number of benzene rings is 3. The first-order valence-electron chi connectivity index (χ1n) is 11.5. The van der Waals surface area contributed by atoms with Crippen LogP contribution in [0.25, 0.3) is 33.5 Å². The molecule has 5 rings (SSSR count). The quantitative estimate of drug-likeness (QED) is 0.250. The van der Waals surface area contributed by atoms with Crippen molar-refractivity contribution in [2.24, 2.45) is 0 Å². The van der Waals surface area contributed by atoms with E-state index in [4.69, 9.17) is 9.40 Å². The van der Waals surface area contributed by atoms with Gasteiger partial charge in [-0.3, -0.25) is 14.2 Å². The molecule has 0 bridgehead atoms. The van der Waals surface area contributed by atoms with Gasteiger partial charge in [0.25, 0.3) is 5.56 Å². The number of hydrogen-bond acceptors (Lipinski definition) is 4. The van der Waals surface area contributed by atoms with Gasteiger partial charge in [0.05, 0.1) is 5.39 Å². The topological polar surface area (TPSA) is 65.1 Å². The van der Waals surface area contributed by atoms with Crippen LogP contribution in [0.1, 0.15) is 31.9 Å². The van der Waals surface area contributed by atoms with Gasteiger partial charge in [0.1, 0.15) is 11.4 Å². The van der Waals surface area contributed by atoms with E-state index in [0.29, 0.717) is 29.8 Å². The highest BCUT2D eigenvalue weighted by atomic mass is 79.9. The third-order valence-corrected chi connectivity index (χ3v) is 6.73. The van der Waals surface area contributed by atoms with Crippen molar-refractivity contribution in [3.8, 4) is 11.4 Å². The Kier molecular flexibility index (Phi) is 5.93. The molecule has 0 unspecified atom stereocenters. The highest BCUT2D eigenvalue weighted by Crippen LogP contribution is 2.27. The molecular formula is C29H25BrN2O3. The van der Waals surface area contributed by atoms with E-state index in [2.05, 4.69) is 48.8 Å². The Morgan fingerprint density at radius 2 is 1.66 bits per heavy atom. The van der Waals surface area contributed by atoms with Crippen LogP contribution in [0.15, 0.2) is 91.3 Å². The van der Waals surface area contributed by atoms with Gasteiger partial charge in [-0.1, -0.05) is 91.3 Å². The summed E-state index contributed by atoms with van der Waals surface area (Å²) in [5.74, 6) is 0.485. The lowest BCUT2D eigenvalue weighted by Gasteiger charge is -2.19. The minimum atomic E-state index is -0.392. The number of nitrogens with zero attached hydrogens (tertiary/aromatic N) is 2. The lowest BCUT2D eigenvalue weighted by atomic mass is 9.86. The van der Waals surface area contributed by atoms with Crippen LogP contribution in [-0.2, 0) is 18.4 Å². The molecule has 2 heterocycles. The van der Waals surface area contributed by atoms with Crippen molar-refractivity contribution in [2.45, 2.75) is 39.2 Å². The number of fused-ring (bicyclic) bond motifs is 2. The van der Waals surface area contributed by atoms with E-state index in [-0.39, 0.29) is 21.9 Å². The average Bonchev–Trinajstić information content (AvgIpc) is 2.84. The van der Waals surface area contributed by atoms with Gasteiger partial charge in [-0.05, 0) is 41.2 Å². The SMILES string of the molecule is CC(C)(C)c1ccc(-c2nc3oc4ccc(Br)cc4c(=O)c3c(=O)n2CCc2ccccc2)cc1. The first-order valence-corrected chi connectivity index (χ1v) is 12.3. The zero-order chi connectivity index (χ0) is 24.7. The minimum absolute atomic E-state index is 0.00228. The van der Waals surface area contributed by atoms with Crippen molar-refractivity contribution in [2.75, 3.05) is 0 Å². The second kappa shape index (κ2) is 8.93. The van der Waals surface area contributed by atoms with E-state index in [0.717, 1.165) is 15.6 Å². The summed E-state index contributed by atoms with van der Waals surface area (Å²) in [5, 5.41) is 0.321. The lowest BCUT2D eigenvalue weighted by molar-refractivity contribution is 0.590. The van der Waals surface area contributed by atoms with Gasteiger partial charge < -0.3 is 4.42 Å². The van der Waals surface area contributed by atoms with Gasteiger partial charge >= 0.3 is 0 Å². The Labute approximate surface area is 211 Å². The number of rotatable bonds is 4. The predicted molar refractivity (Wildman–Crippen MR) is 144 cm³/mol. The number of aromatic nitrogens is 2. The van der Waals surface area contributed by atoms with E-state index in [1.165, 1.54) is 5.56 Å². The summed E-state index contributed by atoms with van der Waals surface area (Å²) >= 11 is 3.40. The van der Waals surface area contributed by atoms with Crippen LogP contribution in [0.4, 0.5) is 0 Å². The molecule has 0 aliphatic rings. The molecule has 0 N–H and O–H groups in total. The van der Waals surface area contributed by atoms with E-state index in [9.17, 15) is 9.59 Å². The van der Waals surface area contributed by atoms with Crippen molar-refractivity contribution in [1.82, 2.24) is 9.55 Å². The Hall–Kier alpha value is -3.51. The van der Waals surface area contributed by atoms with Gasteiger partial charge in [0.2, 0.25) is 11.1 Å². The van der Waals surface area contributed by atoms with E-state index in [1.54, 1.807) is 22.8 Å². The molecule has 3 aromatic carbocycles. The summed E-state index contributed by atoms with van der Waals surface area (Å²) in [5.41, 5.74) is 2.77. The second-order valence-electron chi connectivity index (χ2n) is 9.71. The van der Waals surface area contributed by atoms with E-state index >= 15 is 0 Å². The first-order chi connectivity index (χ1) is 16.7. The summed E-state index contributed by atoms with van der Waals surface area (Å²) < 4.78 is 8.32. The molecule has 0 saturated heterocycles. The van der Waals surface area contributed by atoms with Crippen LogP contribution < -0.4 is 11.0 Å². The van der Waals surface area contributed by atoms with Crippen molar-refractivity contribution < 1.29 is 4.42 Å². The summed E-state index contributed by atoms with van der Waals surface area (Å²) in [4.78, 5) is 31.9. The van der Waals surface area contributed by atoms with Crippen LogP contribution in [0.2, 0.25) is 0 Å². The maximum atomic E-state index is 13.8. The molecule has 0 aliphatic heterocycles. The van der Waals surface area contributed by atoms with Gasteiger partial charge in [-0.15, -0.1) is 0 Å². The molecule has 176 valence electrons. The van der Waals surface area contributed by atoms with E-state index < -0.39 is 5.56 Å². The Morgan fingerprint density at radius 1 is 0.943 bits per heavy atom. The Balaban J connectivity index is 1.74. The monoisotopic (exact) mass is 528 g/mol. The summed E-state index contributed by atoms with van der Waals surface area (Å²) in [6.07, 6.45) is 0.630. The molecule has 0 radical (unpaired) electrons. The molecule has 0 spiro atoms. The van der Waals surface area contributed by atoms with Crippen molar-refractivity contribution in [3.63, 3.8) is 0 Å². The van der Waals surface area contributed by atoms with Crippen LogP contribution >= 0.6 is 15.9 Å². The third-order valence-electron chi connectivity index (χ3n) is 6.23. The highest BCUT2D eigenvalue weighted by molar-refractivity contribution is 9.10. The molecule has 2 aromatic heterocycles. The fourth-order valence-electron chi connectivity index (χ4n) is 4.24. The zero-order valence-electron chi connectivity index (χ0n) is 19.8. The molecule has 0 fully saturated rings. The molecule has 0 saturated carbocycles. The highest BCUT2D eigenvalue weighted by Gasteiger charge is 2.20. The summed E-state index contributed by atoms with van der Waals surface area (Å²) in [6, 6.07) is 23.2. The number of aryl methyl sites for hydroxylation is 1. The van der Waals surface area contributed by atoms with Gasteiger partial charge in [0, 0.05) is 16.6 Å². The van der Waals surface area contributed by atoms with Crippen molar-refractivity contribution >= 4 is 38.0 Å². The summed E-state index contributed by atoms with van der Waals surface area (Å²) in [7, 11) is 0. The molecule has 35 heavy (non-hydrogen) atoms. The van der Waals surface area contributed by atoms with Crippen molar-refractivity contribution in [3.05, 3.63) is 109 Å². The fourth-order valence-corrected chi connectivity index (χ4v) is 4.60. The van der Waals surface area contributed by atoms with Crippen LogP contribution in [0.5, 0.6) is 0 Å². The molecule has 0 atom stereocenters. The number of hydrogen-bond donors (Lipinski definition) is 0. The molecule has 5 nitrogen and oxygen atoms in total. The van der Waals surface area contributed by atoms with Crippen molar-refractivity contribution in [1.29, 1.82) is 0 Å². The molecule has 0 aliphatic carbocycles. The largest absolute Gasteiger partial charge is 0.437 e. The minimum Gasteiger partial charge on any atom is -0.437 e. The normalized spacial score (nSPS) is 11.9. The van der Waals surface area contributed by atoms with Crippen LogP contribution in [-0.4, -0.2) is 9.55 Å². The fraction of sp³-hybridized carbons (Fsp3) is 0.207. The lowest BCUT2D eigenvalue weighted by Crippen LogP contribution is -2.28. The molecular weight excluding hydrogens is 504 g/mol. The first kappa shape index (κ1) is 23.2. The Morgan fingerprint density at radius 3 is 2.34 bits per heavy atom. The summed E-state index contributed by atoms with van der Waals surface area (Å²) in [6.45, 7) is 6.86.